The lowest BCUT2D eigenvalue weighted by atomic mass is 10.1. The Bertz CT molecular complexity index is 1680. The highest BCUT2D eigenvalue weighted by molar-refractivity contribution is 7.86. The molecule has 214 valence electrons. The van der Waals surface area contributed by atoms with E-state index in [1.165, 1.54) is 12.3 Å². The van der Waals surface area contributed by atoms with Gasteiger partial charge in [0, 0.05) is 22.9 Å². The maximum absolute atomic E-state index is 12.0. The van der Waals surface area contributed by atoms with Crippen LogP contribution in [0, 0.1) is 0 Å². The number of fused-ring (bicyclic) bond motifs is 1. The number of para-hydroxylation sites is 1. The Labute approximate surface area is 238 Å². The van der Waals surface area contributed by atoms with Crippen molar-refractivity contribution in [3.05, 3.63) is 72.9 Å². The van der Waals surface area contributed by atoms with Crippen molar-refractivity contribution in [2.75, 3.05) is 18.9 Å². The van der Waals surface area contributed by atoms with Gasteiger partial charge >= 0.3 is 6.09 Å². The molecule has 1 heterocycles. The average molecular weight is 578 g/mol. The third-order valence-corrected chi connectivity index (χ3v) is 6.63. The molecule has 0 radical (unpaired) electrons. The molecule has 0 atom stereocenters. The maximum Gasteiger partial charge on any atom is 0.407 e. The van der Waals surface area contributed by atoms with E-state index in [9.17, 15) is 17.8 Å². The number of benzene rings is 3. The molecule has 0 aliphatic heterocycles. The Hall–Kier alpha value is -4.55. The molecule has 0 unspecified atom stereocenters. The van der Waals surface area contributed by atoms with E-state index in [4.69, 9.17) is 15.2 Å². The SMILES string of the molecule is CC(C)(C)OC(=O)NCCCOc1ccccc1-c1ccc(/N=N/c2cc(S(=O)(=O)O)c3ccccc3c2N)cn1. The highest BCUT2D eigenvalue weighted by Gasteiger charge is 2.19. The van der Waals surface area contributed by atoms with Crippen LogP contribution in [0.2, 0.25) is 0 Å². The second kappa shape index (κ2) is 12.3. The van der Waals surface area contributed by atoms with Crippen LogP contribution in [-0.4, -0.2) is 42.8 Å². The molecule has 0 saturated heterocycles. The Balaban J connectivity index is 1.45. The number of aromatic nitrogens is 1. The van der Waals surface area contributed by atoms with Gasteiger partial charge in [0.25, 0.3) is 10.1 Å². The van der Waals surface area contributed by atoms with E-state index in [0.717, 1.165) is 5.56 Å². The van der Waals surface area contributed by atoms with Gasteiger partial charge in [-0.05, 0) is 57.5 Å². The number of carbonyl (C=O) groups excluding carboxylic acids is 1. The van der Waals surface area contributed by atoms with Crippen LogP contribution in [0.1, 0.15) is 27.2 Å². The number of nitrogen functional groups attached to an aromatic ring is 1. The van der Waals surface area contributed by atoms with Gasteiger partial charge in [-0.3, -0.25) is 9.54 Å². The number of hydrogen-bond acceptors (Lipinski definition) is 9. The van der Waals surface area contributed by atoms with Gasteiger partial charge in [0.2, 0.25) is 0 Å². The Kier molecular flexibility index (Phi) is 8.84. The minimum absolute atomic E-state index is 0.0975. The van der Waals surface area contributed by atoms with Crippen molar-refractivity contribution >= 4 is 44.0 Å². The number of azo groups is 1. The Morgan fingerprint density at radius 3 is 2.41 bits per heavy atom. The van der Waals surface area contributed by atoms with Crippen LogP contribution < -0.4 is 15.8 Å². The maximum atomic E-state index is 12.0. The van der Waals surface area contributed by atoms with E-state index in [1.807, 2.05) is 24.3 Å². The molecule has 0 spiro atoms. The van der Waals surface area contributed by atoms with E-state index in [-0.39, 0.29) is 21.7 Å². The second-order valence-electron chi connectivity index (χ2n) is 10.1. The first-order valence-electron chi connectivity index (χ1n) is 12.8. The quantitative estimate of drug-likeness (QED) is 0.0884. The minimum atomic E-state index is -4.52. The number of hydrogen-bond donors (Lipinski definition) is 3. The van der Waals surface area contributed by atoms with Gasteiger partial charge in [0.15, 0.2) is 0 Å². The number of alkyl carbamates (subject to hydrolysis) is 1. The summed E-state index contributed by atoms with van der Waals surface area (Å²) in [5, 5.41) is 11.7. The van der Waals surface area contributed by atoms with E-state index >= 15 is 0 Å². The third kappa shape index (κ3) is 7.77. The van der Waals surface area contributed by atoms with Crippen LogP contribution >= 0.6 is 0 Å². The van der Waals surface area contributed by atoms with Crippen LogP contribution in [0.5, 0.6) is 5.75 Å². The van der Waals surface area contributed by atoms with Crippen molar-refractivity contribution < 1.29 is 27.2 Å². The number of ether oxygens (including phenoxy) is 2. The normalized spacial score (nSPS) is 12.0. The summed E-state index contributed by atoms with van der Waals surface area (Å²) in [6.07, 6.45) is 1.63. The predicted octanol–water partition coefficient (Wildman–Crippen LogP) is 6.44. The zero-order chi connectivity index (χ0) is 29.6. The van der Waals surface area contributed by atoms with Gasteiger partial charge < -0.3 is 20.5 Å². The summed E-state index contributed by atoms with van der Waals surface area (Å²) in [4.78, 5) is 15.9. The summed E-state index contributed by atoms with van der Waals surface area (Å²) in [5.41, 5.74) is 7.81. The van der Waals surface area contributed by atoms with Crippen molar-refractivity contribution in [3.63, 3.8) is 0 Å². The molecule has 3 aromatic carbocycles. The van der Waals surface area contributed by atoms with Crippen LogP contribution in [-0.2, 0) is 14.9 Å². The molecule has 41 heavy (non-hydrogen) atoms. The predicted molar refractivity (Wildman–Crippen MR) is 156 cm³/mol. The molecular weight excluding hydrogens is 546 g/mol. The highest BCUT2D eigenvalue weighted by Crippen LogP contribution is 2.37. The lowest BCUT2D eigenvalue weighted by molar-refractivity contribution is 0.0525. The molecule has 4 rings (SSSR count). The average Bonchev–Trinajstić information content (AvgIpc) is 2.91. The second-order valence-corrected chi connectivity index (χ2v) is 11.4. The third-order valence-electron chi connectivity index (χ3n) is 5.74. The topological polar surface area (TPSA) is 166 Å². The Morgan fingerprint density at radius 1 is 1.02 bits per heavy atom. The summed E-state index contributed by atoms with van der Waals surface area (Å²) in [5.74, 6) is 0.633. The lowest BCUT2D eigenvalue weighted by Crippen LogP contribution is -2.33. The first-order chi connectivity index (χ1) is 19.4. The molecule has 0 saturated carbocycles. The fraction of sp³-hybridized carbons (Fsp3) is 0.241. The monoisotopic (exact) mass is 577 g/mol. The lowest BCUT2D eigenvalue weighted by Gasteiger charge is -2.19. The largest absolute Gasteiger partial charge is 0.493 e. The molecule has 0 fully saturated rings. The zero-order valence-electron chi connectivity index (χ0n) is 22.9. The number of nitrogens with one attached hydrogen (secondary N) is 1. The van der Waals surface area contributed by atoms with Crippen molar-refractivity contribution in [3.8, 4) is 17.0 Å². The molecular formula is C29H31N5O6S. The number of amides is 1. The van der Waals surface area contributed by atoms with E-state index in [1.54, 1.807) is 57.2 Å². The van der Waals surface area contributed by atoms with Crippen molar-refractivity contribution in [1.82, 2.24) is 10.3 Å². The molecule has 12 heteroatoms. The van der Waals surface area contributed by atoms with Crippen molar-refractivity contribution in [2.24, 2.45) is 10.2 Å². The number of anilines is 1. The van der Waals surface area contributed by atoms with Crippen molar-refractivity contribution in [1.29, 1.82) is 0 Å². The summed E-state index contributed by atoms with van der Waals surface area (Å²) in [6.45, 7) is 6.19. The van der Waals surface area contributed by atoms with Gasteiger partial charge in [-0.1, -0.05) is 36.4 Å². The number of carbonyl (C=O) groups is 1. The molecule has 0 aliphatic carbocycles. The van der Waals surface area contributed by atoms with Gasteiger partial charge in [-0.15, -0.1) is 10.2 Å². The molecule has 1 aromatic heterocycles. The first-order valence-corrected chi connectivity index (χ1v) is 14.2. The summed E-state index contributed by atoms with van der Waals surface area (Å²) in [7, 11) is -4.52. The molecule has 0 bridgehead atoms. The van der Waals surface area contributed by atoms with Gasteiger partial charge in [-0.25, -0.2) is 4.79 Å². The fourth-order valence-electron chi connectivity index (χ4n) is 3.93. The molecule has 11 nitrogen and oxygen atoms in total. The Morgan fingerprint density at radius 2 is 1.73 bits per heavy atom. The van der Waals surface area contributed by atoms with E-state index < -0.39 is 21.8 Å². The molecule has 4 N–H and O–H groups in total. The molecule has 0 aliphatic rings. The fourth-order valence-corrected chi connectivity index (χ4v) is 4.64. The zero-order valence-corrected chi connectivity index (χ0v) is 23.7. The summed E-state index contributed by atoms with van der Waals surface area (Å²) in [6, 6.07) is 18.7. The van der Waals surface area contributed by atoms with Crippen molar-refractivity contribution in [2.45, 2.75) is 37.7 Å². The number of nitrogens with zero attached hydrogens (tertiary/aromatic N) is 3. The van der Waals surface area contributed by atoms with Gasteiger partial charge in [0.05, 0.1) is 24.2 Å². The smallest absolute Gasteiger partial charge is 0.407 e. The minimum Gasteiger partial charge on any atom is -0.493 e. The van der Waals surface area contributed by atoms with Crippen LogP contribution in [0.4, 0.5) is 21.9 Å². The molecule has 1 amide bonds. The summed E-state index contributed by atoms with van der Waals surface area (Å²) >= 11 is 0. The first kappa shape index (κ1) is 29.4. The van der Waals surface area contributed by atoms with E-state index in [2.05, 4.69) is 20.5 Å². The molecule has 4 aromatic rings. The number of pyridine rings is 1. The van der Waals surface area contributed by atoms with Crippen LogP contribution in [0.3, 0.4) is 0 Å². The van der Waals surface area contributed by atoms with Crippen LogP contribution in [0.15, 0.2) is 88.1 Å². The number of nitrogens with two attached hydrogens (primary N) is 1. The van der Waals surface area contributed by atoms with Crippen LogP contribution in [0.25, 0.3) is 22.0 Å². The number of rotatable bonds is 9. The standard InChI is InChI=1S/C29H31N5O6S/c1-29(2,3)40-28(35)31-15-8-16-39-25-12-7-6-11-22(25)23-14-13-19(18-32-23)33-34-24-17-26(41(36,37)38)20-9-4-5-10-21(20)27(24)30/h4-7,9-14,17-18H,8,15-16,30H2,1-3H3,(H,31,35)(H,36,37,38)/b34-33+. The highest BCUT2D eigenvalue weighted by atomic mass is 32.2. The van der Waals surface area contributed by atoms with E-state index in [0.29, 0.717) is 42.1 Å². The van der Waals surface area contributed by atoms with Gasteiger partial charge in [-0.2, -0.15) is 8.42 Å². The summed E-state index contributed by atoms with van der Waals surface area (Å²) < 4.78 is 44.8. The van der Waals surface area contributed by atoms with Gasteiger partial charge in [0.1, 0.15) is 27.6 Å².